The minimum absolute atomic E-state index is 0.0664. The summed E-state index contributed by atoms with van der Waals surface area (Å²) in [5.74, 6) is 3.12. The van der Waals surface area contributed by atoms with E-state index in [1.165, 1.54) is 0 Å². The lowest BCUT2D eigenvalue weighted by Crippen LogP contribution is -2.46. The number of carbonyl (C=O) groups excluding carboxylic acids is 1. The van der Waals surface area contributed by atoms with E-state index in [1.54, 1.807) is 0 Å². The third-order valence-corrected chi connectivity index (χ3v) is 7.19. The minimum atomic E-state index is -0.167. The molecule has 5 atom stereocenters. The number of halogens is 1. The van der Waals surface area contributed by atoms with Crippen LogP contribution in [0, 0.1) is 29.1 Å². The number of fused-ring (bicyclic) bond motifs is 5. The molecule has 2 saturated carbocycles. The molecule has 0 radical (unpaired) electrons. The number of carbonyl (C=O) groups is 1. The van der Waals surface area contributed by atoms with Crippen LogP contribution in [0.25, 0.3) is 0 Å². The zero-order valence-corrected chi connectivity index (χ0v) is 14.2. The van der Waals surface area contributed by atoms with E-state index in [0.717, 1.165) is 43.4 Å². The van der Waals surface area contributed by atoms with Crippen LogP contribution in [-0.4, -0.2) is 12.4 Å². The molecule has 0 saturated heterocycles. The van der Waals surface area contributed by atoms with Gasteiger partial charge in [-0.1, -0.05) is 6.92 Å². The molecule has 0 amide bonds. The molecular formula is C20H27FO2. The van der Waals surface area contributed by atoms with Crippen molar-refractivity contribution in [3.63, 3.8) is 0 Å². The molecule has 126 valence electrons. The number of hydrogen-bond donors (Lipinski definition) is 0. The Morgan fingerprint density at radius 1 is 1.26 bits per heavy atom. The Hall–Kier alpha value is -1.12. The molecule has 0 aromatic carbocycles. The molecule has 23 heavy (non-hydrogen) atoms. The van der Waals surface area contributed by atoms with Gasteiger partial charge in [-0.25, -0.2) is 4.39 Å². The molecule has 4 rings (SSSR count). The Bertz CT molecular complexity index is 590. The van der Waals surface area contributed by atoms with Gasteiger partial charge in [-0.05, 0) is 67.9 Å². The first kappa shape index (κ1) is 15.4. The third-order valence-electron chi connectivity index (χ3n) is 7.19. The fourth-order valence-electron chi connectivity index (χ4n) is 6.04. The van der Waals surface area contributed by atoms with E-state index < -0.39 is 0 Å². The van der Waals surface area contributed by atoms with Crippen LogP contribution >= 0.6 is 0 Å². The lowest BCUT2D eigenvalue weighted by atomic mass is 9.53. The summed E-state index contributed by atoms with van der Waals surface area (Å²) < 4.78 is 20.5. The molecule has 4 aliphatic carbocycles. The Labute approximate surface area is 138 Å². The van der Waals surface area contributed by atoms with E-state index in [4.69, 9.17) is 4.74 Å². The van der Waals surface area contributed by atoms with Crippen molar-refractivity contribution in [1.29, 1.82) is 0 Å². The van der Waals surface area contributed by atoms with Crippen LogP contribution in [0.5, 0.6) is 0 Å². The number of ether oxygens (including phenoxy) is 1. The summed E-state index contributed by atoms with van der Waals surface area (Å²) in [6, 6.07) is 0. The maximum atomic E-state index is 14.9. The predicted octanol–water partition coefficient (Wildman–Crippen LogP) is 4.96. The van der Waals surface area contributed by atoms with Crippen molar-refractivity contribution in [1.82, 2.24) is 0 Å². The predicted molar refractivity (Wildman–Crippen MR) is 87.2 cm³/mol. The summed E-state index contributed by atoms with van der Waals surface area (Å²) >= 11 is 0. The second kappa shape index (κ2) is 5.46. The van der Waals surface area contributed by atoms with Crippen LogP contribution in [0.4, 0.5) is 4.39 Å². The third kappa shape index (κ3) is 2.22. The van der Waals surface area contributed by atoms with Crippen molar-refractivity contribution < 1.29 is 13.9 Å². The average Bonchev–Trinajstić information content (AvgIpc) is 2.84. The highest BCUT2D eigenvalue weighted by Crippen LogP contribution is 2.61. The Morgan fingerprint density at radius 3 is 2.87 bits per heavy atom. The molecular weight excluding hydrogens is 291 g/mol. The molecule has 0 unspecified atom stereocenters. The molecule has 0 N–H and O–H groups in total. The number of Topliss-reactive ketones (excluding diaryl/α,β-unsaturated/α-hetero) is 1. The Morgan fingerprint density at radius 2 is 2.09 bits per heavy atom. The SMILES string of the molecule is CCOC1=CC2=C(F)C[C@@H]3[C@H](CC[C@]4(C)C(=O)CC[C@@H]34)[C@H]2CC1. The summed E-state index contributed by atoms with van der Waals surface area (Å²) in [6.45, 7) is 4.78. The first-order chi connectivity index (χ1) is 11.0. The van der Waals surface area contributed by atoms with Gasteiger partial charge in [0.2, 0.25) is 0 Å². The van der Waals surface area contributed by atoms with Gasteiger partial charge >= 0.3 is 0 Å². The lowest BCUT2D eigenvalue weighted by Gasteiger charge is -2.51. The van der Waals surface area contributed by atoms with Crippen LogP contribution in [0.15, 0.2) is 23.2 Å². The quantitative estimate of drug-likeness (QED) is 0.719. The van der Waals surface area contributed by atoms with Crippen LogP contribution in [-0.2, 0) is 9.53 Å². The van der Waals surface area contributed by atoms with Crippen molar-refractivity contribution in [2.45, 2.75) is 58.8 Å². The molecule has 2 nitrogen and oxygen atoms in total. The molecule has 0 heterocycles. The van der Waals surface area contributed by atoms with Crippen molar-refractivity contribution >= 4 is 5.78 Å². The number of allylic oxidation sites excluding steroid dienone is 4. The van der Waals surface area contributed by atoms with E-state index >= 15 is 0 Å². The summed E-state index contributed by atoms with van der Waals surface area (Å²) in [7, 11) is 0. The number of ketones is 1. The van der Waals surface area contributed by atoms with Gasteiger partial charge in [0.05, 0.1) is 12.4 Å². The molecule has 0 spiro atoms. The normalized spacial score (nSPS) is 42.7. The fourth-order valence-corrected chi connectivity index (χ4v) is 6.04. The van der Waals surface area contributed by atoms with Gasteiger partial charge in [-0.2, -0.15) is 0 Å². The van der Waals surface area contributed by atoms with Crippen LogP contribution in [0.3, 0.4) is 0 Å². The maximum Gasteiger partial charge on any atom is 0.139 e. The number of rotatable bonds is 2. The van der Waals surface area contributed by atoms with Crippen molar-refractivity contribution in [3.8, 4) is 0 Å². The molecule has 2 fully saturated rings. The lowest BCUT2D eigenvalue weighted by molar-refractivity contribution is -0.130. The topological polar surface area (TPSA) is 26.3 Å². The van der Waals surface area contributed by atoms with E-state index in [1.807, 2.05) is 13.0 Å². The summed E-state index contributed by atoms with van der Waals surface area (Å²) in [5, 5.41) is 0. The van der Waals surface area contributed by atoms with Crippen LogP contribution in [0.1, 0.15) is 58.8 Å². The standard InChI is InChI=1S/C20H27FO2/c1-3-23-12-4-5-13-14-8-9-20(2)17(6-7-19(20)22)15(14)11-18(21)16(13)10-12/h10,13-15,17H,3-9,11H2,1-2H3/t13-,14-,15-,17+,20+/m1/s1. The monoisotopic (exact) mass is 318 g/mol. The number of hydrogen-bond acceptors (Lipinski definition) is 2. The van der Waals surface area contributed by atoms with Gasteiger partial charge < -0.3 is 4.74 Å². The van der Waals surface area contributed by atoms with Crippen molar-refractivity contribution in [2.24, 2.45) is 29.1 Å². The first-order valence-corrected chi connectivity index (χ1v) is 9.29. The van der Waals surface area contributed by atoms with Gasteiger partial charge in [0.15, 0.2) is 0 Å². The summed E-state index contributed by atoms with van der Waals surface area (Å²) in [6.07, 6.45) is 8.24. The van der Waals surface area contributed by atoms with Gasteiger partial charge in [-0.3, -0.25) is 4.79 Å². The average molecular weight is 318 g/mol. The van der Waals surface area contributed by atoms with E-state index in [-0.39, 0.29) is 11.2 Å². The van der Waals surface area contributed by atoms with E-state index in [0.29, 0.717) is 48.9 Å². The second-order valence-electron chi connectivity index (χ2n) is 8.11. The van der Waals surface area contributed by atoms with Gasteiger partial charge in [0.25, 0.3) is 0 Å². The molecule has 0 bridgehead atoms. The van der Waals surface area contributed by atoms with E-state index in [2.05, 4.69) is 6.92 Å². The van der Waals surface area contributed by atoms with Gasteiger partial charge in [-0.15, -0.1) is 0 Å². The molecule has 0 aromatic rings. The molecule has 4 aliphatic rings. The Kier molecular flexibility index (Phi) is 3.66. The Balaban J connectivity index is 1.66. The fraction of sp³-hybridized carbons (Fsp3) is 0.750. The zero-order valence-electron chi connectivity index (χ0n) is 14.2. The summed E-state index contributed by atoms with van der Waals surface area (Å²) in [5.41, 5.74) is 0.744. The zero-order chi connectivity index (χ0) is 16.2. The van der Waals surface area contributed by atoms with Crippen molar-refractivity contribution in [3.05, 3.63) is 23.2 Å². The smallest absolute Gasteiger partial charge is 0.139 e. The van der Waals surface area contributed by atoms with Gasteiger partial charge in [0, 0.05) is 24.7 Å². The minimum Gasteiger partial charge on any atom is -0.498 e. The molecule has 3 heteroatoms. The van der Waals surface area contributed by atoms with E-state index in [9.17, 15) is 9.18 Å². The van der Waals surface area contributed by atoms with Crippen molar-refractivity contribution in [2.75, 3.05) is 6.61 Å². The van der Waals surface area contributed by atoms with Gasteiger partial charge in [0.1, 0.15) is 11.6 Å². The largest absolute Gasteiger partial charge is 0.498 e. The molecule has 0 aromatic heterocycles. The van der Waals surface area contributed by atoms with Crippen LogP contribution < -0.4 is 0 Å². The second-order valence-corrected chi connectivity index (χ2v) is 8.11. The highest BCUT2D eigenvalue weighted by molar-refractivity contribution is 5.87. The summed E-state index contributed by atoms with van der Waals surface area (Å²) in [4.78, 5) is 12.4. The maximum absolute atomic E-state index is 14.9. The highest BCUT2D eigenvalue weighted by Gasteiger charge is 2.56. The van der Waals surface area contributed by atoms with Crippen LogP contribution in [0.2, 0.25) is 0 Å². The first-order valence-electron chi connectivity index (χ1n) is 9.29. The molecule has 0 aliphatic heterocycles. The highest BCUT2D eigenvalue weighted by atomic mass is 19.1.